The SMILES string of the molecule is [Br][Ru].[CH2-]CCCCCCCCCCCCC.[c-]1ccccc1.[c-]1ccccc1.[c-]1ccccc1. The Morgan fingerprint density at radius 1 is 0.471 bits per heavy atom. The molecule has 0 atom stereocenters. The van der Waals surface area contributed by atoms with E-state index in [0.717, 1.165) is 6.42 Å². The zero-order valence-electron chi connectivity index (χ0n) is 21.1. The molecular formula is C32H44BrRu-4. The van der Waals surface area contributed by atoms with Gasteiger partial charge in [0.2, 0.25) is 0 Å². The van der Waals surface area contributed by atoms with Crippen molar-refractivity contribution >= 4 is 13.6 Å². The maximum atomic E-state index is 3.86. The zero-order chi connectivity index (χ0) is 25.2. The summed E-state index contributed by atoms with van der Waals surface area (Å²) in [5.74, 6) is 0. The molecule has 3 rings (SSSR count). The first-order valence-electron chi connectivity index (χ1n) is 12.6. The molecular weight excluding hydrogens is 565 g/mol. The Morgan fingerprint density at radius 2 is 0.735 bits per heavy atom. The van der Waals surface area contributed by atoms with E-state index in [1.54, 1.807) is 0 Å². The van der Waals surface area contributed by atoms with Crippen LogP contribution in [-0.4, -0.2) is 0 Å². The Balaban J connectivity index is 0. The minimum atomic E-state index is 1.12. The molecule has 0 saturated carbocycles. The number of hydrogen-bond acceptors (Lipinski definition) is 0. The van der Waals surface area contributed by atoms with Gasteiger partial charge in [0.25, 0.3) is 0 Å². The average molecular weight is 610 g/mol. The summed E-state index contributed by atoms with van der Waals surface area (Å²) < 4.78 is 0. The first-order valence-corrected chi connectivity index (χ1v) is 16.5. The summed E-state index contributed by atoms with van der Waals surface area (Å²) in [6.45, 7) is 6.14. The van der Waals surface area contributed by atoms with Crippen LogP contribution in [0.5, 0.6) is 0 Å². The smallest absolute Gasteiger partial charge is 0.0533 e. The van der Waals surface area contributed by atoms with E-state index in [4.69, 9.17) is 0 Å². The van der Waals surface area contributed by atoms with Crippen LogP contribution in [0.4, 0.5) is 0 Å². The summed E-state index contributed by atoms with van der Waals surface area (Å²) in [6.07, 6.45) is 16.9. The molecule has 0 fully saturated rings. The molecule has 0 N–H and O–H groups in total. The van der Waals surface area contributed by atoms with E-state index >= 15 is 0 Å². The van der Waals surface area contributed by atoms with Gasteiger partial charge in [0.05, 0.1) is 0 Å². The summed E-state index contributed by atoms with van der Waals surface area (Å²) in [6, 6.07) is 37.5. The fourth-order valence-electron chi connectivity index (χ4n) is 2.87. The normalized spacial score (nSPS) is 8.82. The van der Waals surface area contributed by atoms with Gasteiger partial charge in [-0.3, -0.25) is 0 Å². The van der Waals surface area contributed by atoms with Gasteiger partial charge < -0.3 is 6.92 Å². The van der Waals surface area contributed by atoms with E-state index < -0.39 is 0 Å². The van der Waals surface area contributed by atoms with Crippen molar-refractivity contribution in [3.05, 3.63) is 116 Å². The van der Waals surface area contributed by atoms with Crippen molar-refractivity contribution in [1.29, 1.82) is 0 Å². The Kier molecular flexibility index (Phi) is 37.3. The van der Waals surface area contributed by atoms with E-state index in [1.165, 1.54) is 70.6 Å². The third kappa shape index (κ3) is 35.4. The summed E-state index contributed by atoms with van der Waals surface area (Å²) >= 11 is 5.03. The molecule has 3 aromatic carbocycles. The first-order chi connectivity index (χ1) is 16.9. The predicted molar refractivity (Wildman–Crippen MR) is 151 cm³/mol. The van der Waals surface area contributed by atoms with Gasteiger partial charge in [-0.2, -0.15) is 116 Å². The van der Waals surface area contributed by atoms with Gasteiger partial charge in [0, 0.05) is 0 Å². The van der Waals surface area contributed by atoms with Gasteiger partial charge >= 0.3 is 30.0 Å². The molecule has 2 heteroatoms. The Bertz CT molecular complexity index is 464. The van der Waals surface area contributed by atoms with Crippen molar-refractivity contribution in [2.24, 2.45) is 0 Å². The Morgan fingerprint density at radius 3 is 0.912 bits per heavy atom. The Labute approximate surface area is 229 Å². The average Bonchev–Trinajstić information content (AvgIpc) is 2.95. The van der Waals surface area contributed by atoms with E-state index in [-0.39, 0.29) is 0 Å². The summed E-state index contributed by atoms with van der Waals surface area (Å²) in [5, 5.41) is 0. The molecule has 3 aromatic rings. The van der Waals surface area contributed by atoms with Crippen LogP contribution in [0.1, 0.15) is 84.0 Å². The van der Waals surface area contributed by atoms with E-state index in [0.29, 0.717) is 0 Å². The van der Waals surface area contributed by atoms with Crippen LogP contribution < -0.4 is 0 Å². The molecule has 0 aliphatic carbocycles. The molecule has 191 valence electrons. The van der Waals surface area contributed by atoms with Crippen molar-refractivity contribution in [3.8, 4) is 0 Å². The van der Waals surface area contributed by atoms with E-state index in [9.17, 15) is 0 Å². The van der Waals surface area contributed by atoms with Crippen LogP contribution in [0.2, 0.25) is 0 Å². The quantitative estimate of drug-likeness (QED) is 0.115. The molecule has 34 heavy (non-hydrogen) atoms. The van der Waals surface area contributed by atoms with Crippen LogP contribution in [0.3, 0.4) is 0 Å². The molecule has 0 radical (unpaired) electrons. The van der Waals surface area contributed by atoms with E-state index in [2.05, 4.69) is 62.0 Å². The second-order valence-corrected chi connectivity index (χ2v) is 7.62. The van der Waals surface area contributed by atoms with Gasteiger partial charge in [-0.1, -0.05) is 77.6 Å². The molecule has 0 unspecified atom stereocenters. The van der Waals surface area contributed by atoms with Crippen LogP contribution >= 0.6 is 13.6 Å². The summed E-state index contributed by atoms with van der Waals surface area (Å²) in [4.78, 5) is 0. The maximum Gasteiger partial charge on any atom is -0.0533 e. The second kappa shape index (κ2) is 36.3. The topological polar surface area (TPSA) is 0 Å². The fraction of sp³-hybridized carbons (Fsp3) is 0.406. The third-order valence-electron chi connectivity index (χ3n) is 4.67. The van der Waals surface area contributed by atoms with Gasteiger partial charge in [-0.25, -0.2) is 0 Å². The number of benzene rings is 3. The maximum absolute atomic E-state index is 3.86. The largest absolute Gasteiger partial charge is 0.343 e. The van der Waals surface area contributed by atoms with Crippen molar-refractivity contribution in [2.75, 3.05) is 0 Å². The van der Waals surface area contributed by atoms with Crippen molar-refractivity contribution < 1.29 is 16.3 Å². The molecule has 0 nitrogen and oxygen atoms in total. The summed E-state index contributed by atoms with van der Waals surface area (Å²) in [7, 11) is 0. The number of rotatable bonds is 11. The van der Waals surface area contributed by atoms with Gasteiger partial charge in [-0.05, 0) is 0 Å². The van der Waals surface area contributed by atoms with Crippen LogP contribution in [0.15, 0.2) is 91.0 Å². The van der Waals surface area contributed by atoms with Gasteiger partial charge in [0.1, 0.15) is 0 Å². The first kappa shape index (κ1) is 34.9. The van der Waals surface area contributed by atoms with Gasteiger partial charge in [-0.15, -0.1) is 0 Å². The molecule has 0 bridgehead atoms. The third-order valence-corrected chi connectivity index (χ3v) is 4.67. The minimum absolute atomic E-state index is 1.12. The monoisotopic (exact) mass is 609 g/mol. The number of halogens is 1. The Hall–Kier alpha value is -1.24. The molecule has 0 aliphatic heterocycles. The van der Waals surface area contributed by atoms with Crippen molar-refractivity contribution in [2.45, 2.75) is 84.0 Å². The molecule has 0 aromatic heterocycles. The summed E-state index contributed by atoms with van der Waals surface area (Å²) in [5.41, 5.74) is 0. The molecule has 0 spiro atoms. The molecule has 0 aliphatic rings. The molecule has 0 saturated heterocycles. The number of unbranched alkanes of at least 4 members (excludes halogenated alkanes) is 11. The van der Waals surface area contributed by atoms with E-state index in [1.807, 2.05) is 91.0 Å². The van der Waals surface area contributed by atoms with Crippen LogP contribution in [0.25, 0.3) is 0 Å². The fourth-order valence-corrected chi connectivity index (χ4v) is 2.87. The second-order valence-electron chi connectivity index (χ2n) is 7.62. The standard InChI is InChI=1S/C14H29.3C6H5.BrH.Ru/c1-3-5-7-9-11-13-14-12-10-8-6-4-2;3*1-2-4-6-5-3-1;;/h1,3-14H2,2H3;3*1-5H;1H;/q4*-1;;+1/p-1. The van der Waals surface area contributed by atoms with Crippen molar-refractivity contribution in [1.82, 2.24) is 0 Å². The molecule has 0 heterocycles. The zero-order valence-corrected chi connectivity index (χ0v) is 24.4. The molecule has 0 amide bonds. The van der Waals surface area contributed by atoms with Crippen molar-refractivity contribution in [3.63, 3.8) is 0 Å². The van der Waals surface area contributed by atoms with Gasteiger partial charge in [0.15, 0.2) is 0 Å². The predicted octanol–water partition coefficient (Wildman–Crippen LogP) is 10.8. The van der Waals surface area contributed by atoms with Crippen LogP contribution in [0, 0.1) is 25.1 Å². The van der Waals surface area contributed by atoms with Crippen LogP contribution in [-0.2, 0) is 16.3 Å². The number of hydrogen-bond donors (Lipinski definition) is 0. The minimum Gasteiger partial charge on any atom is -0.343 e.